The highest BCUT2D eigenvalue weighted by molar-refractivity contribution is 7.09. The molecule has 1 heterocycles. The summed E-state index contributed by atoms with van der Waals surface area (Å²) in [6.45, 7) is 3.56. The predicted octanol–water partition coefficient (Wildman–Crippen LogP) is 3.46. The Bertz CT molecular complexity index is 264. The molecule has 1 unspecified atom stereocenters. The molecule has 0 spiro atoms. The summed E-state index contributed by atoms with van der Waals surface area (Å²) in [6.07, 6.45) is 6.81. The summed E-state index contributed by atoms with van der Waals surface area (Å²) in [7, 11) is 0. The van der Waals surface area contributed by atoms with E-state index in [1.54, 1.807) is 0 Å². The number of thiophene rings is 1. The third-order valence-electron chi connectivity index (χ3n) is 3.32. The van der Waals surface area contributed by atoms with Crippen LogP contribution >= 0.6 is 11.3 Å². The van der Waals surface area contributed by atoms with Gasteiger partial charge in [-0.15, -0.1) is 11.3 Å². The lowest BCUT2D eigenvalue weighted by Crippen LogP contribution is -2.37. The van der Waals surface area contributed by atoms with Gasteiger partial charge in [0, 0.05) is 10.9 Å². The van der Waals surface area contributed by atoms with Gasteiger partial charge in [0.1, 0.15) is 0 Å². The van der Waals surface area contributed by atoms with Crippen LogP contribution in [0.15, 0.2) is 17.5 Å². The molecule has 1 aliphatic carbocycles. The van der Waals surface area contributed by atoms with E-state index >= 15 is 0 Å². The van der Waals surface area contributed by atoms with Crippen LogP contribution < -0.4 is 5.32 Å². The van der Waals surface area contributed by atoms with E-state index in [1.807, 2.05) is 11.3 Å². The normalized spacial score (nSPS) is 18.7. The molecule has 0 amide bonds. The molecule has 0 aliphatic heterocycles. The molecule has 1 aromatic heterocycles. The third kappa shape index (κ3) is 3.62. The number of nitrogens with one attached hydrogen (secondary N) is 1. The summed E-state index contributed by atoms with van der Waals surface area (Å²) < 4.78 is 0. The maximum Gasteiger partial charge on any atom is 0.00671 e. The summed E-state index contributed by atoms with van der Waals surface area (Å²) in [5.74, 6) is 0.813. The molecule has 1 aliphatic rings. The van der Waals surface area contributed by atoms with E-state index < -0.39 is 0 Å². The van der Waals surface area contributed by atoms with Crippen molar-refractivity contribution in [3.05, 3.63) is 22.4 Å². The standard InChI is InChI=1S/C13H21NS/c1-11(10-14-12-4-2-5-12)7-8-13-6-3-9-15-13/h3,6,9,11-12,14H,2,4-5,7-8,10H2,1H3. The monoisotopic (exact) mass is 223 g/mol. The van der Waals surface area contributed by atoms with E-state index in [4.69, 9.17) is 0 Å². The van der Waals surface area contributed by atoms with Crippen LogP contribution in [0.5, 0.6) is 0 Å². The van der Waals surface area contributed by atoms with Crippen molar-refractivity contribution in [2.24, 2.45) is 5.92 Å². The van der Waals surface area contributed by atoms with Gasteiger partial charge in [-0.25, -0.2) is 0 Å². The molecule has 1 fully saturated rings. The van der Waals surface area contributed by atoms with Gasteiger partial charge in [-0.1, -0.05) is 19.4 Å². The zero-order valence-corrected chi connectivity index (χ0v) is 10.4. The minimum Gasteiger partial charge on any atom is -0.314 e. The zero-order chi connectivity index (χ0) is 10.5. The minimum absolute atomic E-state index is 0.813. The van der Waals surface area contributed by atoms with Crippen LogP contribution in [-0.4, -0.2) is 12.6 Å². The van der Waals surface area contributed by atoms with Crippen molar-refractivity contribution in [2.45, 2.75) is 45.1 Å². The largest absolute Gasteiger partial charge is 0.314 e. The first-order chi connectivity index (χ1) is 7.34. The van der Waals surface area contributed by atoms with Crippen LogP contribution in [0, 0.1) is 5.92 Å². The Hall–Kier alpha value is -0.340. The fraction of sp³-hybridized carbons (Fsp3) is 0.692. The van der Waals surface area contributed by atoms with Crippen LogP contribution in [0.25, 0.3) is 0 Å². The molecule has 1 N–H and O–H groups in total. The fourth-order valence-electron chi connectivity index (χ4n) is 1.93. The van der Waals surface area contributed by atoms with Gasteiger partial charge in [0.05, 0.1) is 0 Å². The van der Waals surface area contributed by atoms with Gasteiger partial charge in [0.2, 0.25) is 0 Å². The van der Waals surface area contributed by atoms with Crippen molar-refractivity contribution in [1.82, 2.24) is 5.32 Å². The molecular weight excluding hydrogens is 202 g/mol. The van der Waals surface area contributed by atoms with Crippen LogP contribution in [0.1, 0.15) is 37.5 Å². The second kappa shape index (κ2) is 5.66. The summed E-state index contributed by atoms with van der Waals surface area (Å²) in [4.78, 5) is 1.53. The van der Waals surface area contributed by atoms with Crippen LogP contribution in [0.3, 0.4) is 0 Å². The van der Waals surface area contributed by atoms with Gasteiger partial charge >= 0.3 is 0 Å². The summed E-state index contributed by atoms with van der Waals surface area (Å²) >= 11 is 1.88. The molecule has 0 bridgehead atoms. The van der Waals surface area contributed by atoms with Crippen LogP contribution in [-0.2, 0) is 6.42 Å². The molecule has 1 aromatic rings. The Morgan fingerprint density at radius 3 is 3.00 bits per heavy atom. The summed E-state index contributed by atoms with van der Waals surface area (Å²) in [5, 5.41) is 5.83. The Morgan fingerprint density at radius 1 is 1.53 bits per heavy atom. The minimum atomic E-state index is 0.813. The molecule has 0 saturated heterocycles. The third-order valence-corrected chi connectivity index (χ3v) is 4.26. The van der Waals surface area contributed by atoms with E-state index in [2.05, 4.69) is 29.8 Å². The number of hydrogen-bond acceptors (Lipinski definition) is 2. The van der Waals surface area contributed by atoms with Gasteiger partial charge in [-0.2, -0.15) is 0 Å². The SMILES string of the molecule is CC(CCc1cccs1)CNC1CCC1. The molecule has 15 heavy (non-hydrogen) atoms. The van der Waals surface area contributed by atoms with E-state index in [0.29, 0.717) is 0 Å². The maximum atomic E-state index is 3.65. The number of rotatable bonds is 6. The zero-order valence-electron chi connectivity index (χ0n) is 9.54. The van der Waals surface area contributed by atoms with Crippen LogP contribution in [0.4, 0.5) is 0 Å². The Kier molecular flexibility index (Phi) is 4.21. The van der Waals surface area contributed by atoms with E-state index in [9.17, 15) is 0 Å². The van der Waals surface area contributed by atoms with Crippen molar-refractivity contribution in [2.75, 3.05) is 6.54 Å². The van der Waals surface area contributed by atoms with Gasteiger partial charge in [-0.05, 0) is 49.6 Å². The second-order valence-corrected chi connectivity index (χ2v) is 5.79. The second-order valence-electron chi connectivity index (χ2n) is 4.76. The van der Waals surface area contributed by atoms with Gasteiger partial charge < -0.3 is 5.32 Å². The van der Waals surface area contributed by atoms with Crippen molar-refractivity contribution in [3.8, 4) is 0 Å². The first kappa shape index (κ1) is 11.2. The average molecular weight is 223 g/mol. The number of hydrogen-bond donors (Lipinski definition) is 1. The smallest absolute Gasteiger partial charge is 0.00671 e. The van der Waals surface area contributed by atoms with Crippen molar-refractivity contribution >= 4 is 11.3 Å². The molecule has 2 rings (SSSR count). The molecule has 0 aromatic carbocycles. The Morgan fingerprint density at radius 2 is 2.40 bits per heavy atom. The molecule has 1 saturated carbocycles. The van der Waals surface area contributed by atoms with E-state index in [0.717, 1.165) is 12.0 Å². The lowest BCUT2D eigenvalue weighted by Gasteiger charge is -2.28. The molecule has 0 radical (unpaired) electrons. The topological polar surface area (TPSA) is 12.0 Å². The van der Waals surface area contributed by atoms with Crippen molar-refractivity contribution < 1.29 is 0 Å². The predicted molar refractivity (Wildman–Crippen MR) is 67.4 cm³/mol. The highest BCUT2D eigenvalue weighted by Crippen LogP contribution is 2.19. The highest BCUT2D eigenvalue weighted by atomic mass is 32.1. The highest BCUT2D eigenvalue weighted by Gasteiger charge is 2.16. The van der Waals surface area contributed by atoms with Crippen molar-refractivity contribution in [1.29, 1.82) is 0 Å². The maximum absolute atomic E-state index is 3.65. The molecule has 84 valence electrons. The van der Waals surface area contributed by atoms with E-state index in [-0.39, 0.29) is 0 Å². The Balaban J connectivity index is 1.57. The van der Waals surface area contributed by atoms with Gasteiger partial charge in [0.15, 0.2) is 0 Å². The number of aryl methyl sites for hydroxylation is 1. The molecule has 1 atom stereocenters. The average Bonchev–Trinajstić information content (AvgIpc) is 2.64. The van der Waals surface area contributed by atoms with Gasteiger partial charge in [0.25, 0.3) is 0 Å². The van der Waals surface area contributed by atoms with E-state index in [1.165, 1.54) is 43.5 Å². The quantitative estimate of drug-likeness (QED) is 0.779. The lowest BCUT2D eigenvalue weighted by molar-refractivity contribution is 0.317. The summed E-state index contributed by atoms with van der Waals surface area (Å²) in [5.41, 5.74) is 0. The molecule has 1 nitrogen and oxygen atoms in total. The van der Waals surface area contributed by atoms with Crippen LogP contribution in [0.2, 0.25) is 0 Å². The van der Waals surface area contributed by atoms with Gasteiger partial charge in [-0.3, -0.25) is 0 Å². The molecular formula is C13H21NS. The first-order valence-corrected chi connectivity index (χ1v) is 6.98. The first-order valence-electron chi connectivity index (χ1n) is 6.10. The summed E-state index contributed by atoms with van der Waals surface area (Å²) in [6, 6.07) is 5.24. The molecule has 2 heteroatoms. The fourth-order valence-corrected chi connectivity index (χ4v) is 2.65. The lowest BCUT2D eigenvalue weighted by atomic mass is 9.92. The Labute approximate surface area is 96.9 Å². The van der Waals surface area contributed by atoms with Crippen molar-refractivity contribution in [3.63, 3.8) is 0 Å².